The highest BCUT2D eigenvalue weighted by Gasteiger charge is 2.15. The number of benzene rings is 2. The van der Waals surface area contributed by atoms with Gasteiger partial charge in [0.25, 0.3) is 0 Å². The van der Waals surface area contributed by atoms with Crippen LogP contribution in [0.25, 0.3) is 0 Å². The molecule has 1 N–H and O–H groups in total. The zero-order valence-electron chi connectivity index (χ0n) is 16.1. The Hall–Kier alpha value is -2.80. The number of ether oxygens (including phenoxy) is 2. The highest BCUT2D eigenvalue weighted by molar-refractivity contribution is 8.15. The molecule has 2 aromatic rings. The van der Waals surface area contributed by atoms with Crippen LogP contribution in [0, 0.1) is 0 Å². The number of nitrogens with zero attached hydrogens (tertiary/aromatic N) is 2. The Kier molecular flexibility index (Phi) is 6.71. The molecule has 146 valence electrons. The summed E-state index contributed by atoms with van der Waals surface area (Å²) in [5.74, 6) is 2.39. The average Bonchev–Trinajstić information content (AvgIpc) is 3.12. The van der Waals surface area contributed by atoms with Gasteiger partial charge in [-0.2, -0.15) is 5.10 Å². The predicted molar refractivity (Wildman–Crippen MR) is 113 cm³/mol. The first-order valence-corrected chi connectivity index (χ1v) is 9.97. The fourth-order valence-electron chi connectivity index (χ4n) is 2.63. The number of nitrogens with one attached hydrogen (secondary N) is 1. The molecular weight excluding hydrogens is 374 g/mol. The van der Waals surface area contributed by atoms with Crippen molar-refractivity contribution >= 4 is 29.1 Å². The lowest BCUT2D eigenvalue weighted by Crippen LogP contribution is -2.19. The van der Waals surface area contributed by atoms with Crippen molar-refractivity contribution < 1.29 is 14.3 Å². The first-order chi connectivity index (χ1) is 13.5. The second-order valence-corrected chi connectivity index (χ2v) is 7.53. The summed E-state index contributed by atoms with van der Waals surface area (Å²) in [6, 6.07) is 13.8. The van der Waals surface area contributed by atoms with E-state index in [-0.39, 0.29) is 5.91 Å². The minimum Gasteiger partial charge on any atom is -0.496 e. The summed E-state index contributed by atoms with van der Waals surface area (Å²) in [5, 5.41) is 11.2. The van der Waals surface area contributed by atoms with E-state index in [1.165, 1.54) is 17.3 Å². The van der Waals surface area contributed by atoms with E-state index in [9.17, 15) is 4.79 Å². The SMILES string of the molecule is COc1ccc(C=NN=C2NC(=O)CS2)cc1COc1ccc(C(C)C)cc1. The first-order valence-electron chi connectivity index (χ1n) is 8.98. The maximum Gasteiger partial charge on any atom is 0.236 e. The normalized spacial score (nSPS) is 15.4. The van der Waals surface area contributed by atoms with Gasteiger partial charge in [0.2, 0.25) is 5.91 Å². The largest absolute Gasteiger partial charge is 0.496 e. The van der Waals surface area contributed by atoms with Crippen molar-refractivity contribution in [3.63, 3.8) is 0 Å². The van der Waals surface area contributed by atoms with Gasteiger partial charge in [0.1, 0.15) is 18.1 Å². The van der Waals surface area contributed by atoms with E-state index in [4.69, 9.17) is 9.47 Å². The molecule has 0 aliphatic carbocycles. The molecule has 0 radical (unpaired) electrons. The lowest BCUT2D eigenvalue weighted by molar-refractivity contribution is -0.116. The number of hydrogen-bond donors (Lipinski definition) is 1. The summed E-state index contributed by atoms with van der Waals surface area (Å²) in [6.45, 7) is 4.71. The van der Waals surface area contributed by atoms with Crippen LogP contribution in [-0.2, 0) is 11.4 Å². The highest BCUT2D eigenvalue weighted by atomic mass is 32.2. The second-order valence-electron chi connectivity index (χ2n) is 6.57. The standard InChI is InChI=1S/C21H23N3O3S/c1-14(2)16-5-7-18(8-6-16)27-12-17-10-15(4-9-19(17)26-3)11-22-24-21-23-20(25)13-28-21/h4-11,14H,12-13H2,1-3H3,(H,23,24,25). The third-order valence-corrected chi connectivity index (χ3v) is 5.05. The Bertz CT molecular complexity index is 892. The van der Waals surface area contributed by atoms with E-state index in [1.807, 2.05) is 30.3 Å². The number of carbonyl (C=O) groups is 1. The molecule has 1 fully saturated rings. The van der Waals surface area contributed by atoms with E-state index in [2.05, 4.69) is 41.5 Å². The van der Waals surface area contributed by atoms with Crippen molar-refractivity contribution in [3.05, 3.63) is 59.2 Å². The Morgan fingerprint density at radius 2 is 2.00 bits per heavy atom. The molecular formula is C21H23N3O3S. The Balaban J connectivity index is 1.67. The van der Waals surface area contributed by atoms with Crippen LogP contribution in [0.1, 0.15) is 36.5 Å². The van der Waals surface area contributed by atoms with Gasteiger partial charge in [0.05, 0.1) is 19.1 Å². The molecule has 1 heterocycles. The molecule has 0 bridgehead atoms. The molecule has 28 heavy (non-hydrogen) atoms. The third-order valence-electron chi connectivity index (χ3n) is 4.19. The molecule has 1 saturated heterocycles. The quantitative estimate of drug-likeness (QED) is 0.567. The van der Waals surface area contributed by atoms with Crippen LogP contribution < -0.4 is 14.8 Å². The Labute approximate surface area is 169 Å². The van der Waals surface area contributed by atoms with Gasteiger partial charge >= 0.3 is 0 Å². The zero-order valence-corrected chi connectivity index (χ0v) is 17.0. The highest BCUT2D eigenvalue weighted by Crippen LogP contribution is 2.23. The van der Waals surface area contributed by atoms with Crippen LogP contribution in [0.4, 0.5) is 0 Å². The lowest BCUT2D eigenvalue weighted by Gasteiger charge is -2.12. The fraction of sp³-hybridized carbons (Fsp3) is 0.286. The van der Waals surface area contributed by atoms with Gasteiger partial charge < -0.3 is 14.8 Å². The van der Waals surface area contributed by atoms with Gasteiger partial charge in [-0.3, -0.25) is 4.79 Å². The van der Waals surface area contributed by atoms with E-state index in [1.54, 1.807) is 13.3 Å². The summed E-state index contributed by atoms with van der Waals surface area (Å²) in [6.07, 6.45) is 1.64. The minimum atomic E-state index is -0.0516. The molecule has 1 aliphatic rings. The van der Waals surface area contributed by atoms with Crippen LogP contribution in [-0.4, -0.2) is 30.2 Å². The molecule has 7 heteroatoms. The van der Waals surface area contributed by atoms with E-state index < -0.39 is 0 Å². The number of carbonyl (C=O) groups excluding carboxylic acids is 1. The number of rotatable bonds is 7. The monoisotopic (exact) mass is 397 g/mol. The molecule has 6 nitrogen and oxygen atoms in total. The van der Waals surface area contributed by atoms with Gasteiger partial charge in [-0.25, -0.2) is 0 Å². The molecule has 1 aliphatic heterocycles. The summed E-state index contributed by atoms with van der Waals surface area (Å²) in [7, 11) is 1.63. The van der Waals surface area contributed by atoms with Crippen LogP contribution in [0.3, 0.4) is 0 Å². The van der Waals surface area contributed by atoms with Crippen LogP contribution >= 0.6 is 11.8 Å². The summed E-state index contributed by atoms with van der Waals surface area (Å²) < 4.78 is 11.4. The molecule has 0 spiro atoms. The Morgan fingerprint density at radius 1 is 1.21 bits per heavy atom. The predicted octanol–water partition coefficient (Wildman–Crippen LogP) is 3.95. The first kappa shape index (κ1) is 19.9. The Morgan fingerprint density at radius 3 is 2.64 bits per heavy atom. The number of hydrogen-bond acceptors (Lipinski definition) is 6. The van der Waals surface area contributed by atoms with E-state index in [0.29, 0.717) is 23.4 Å². The summed E-state index contributed by atoms with van der Waals surface area (Å²) >= 11 is 1.34. The summed E-state index contributed by atoms with van der Waals surface area (Å²) in [4.78, 5) is 11.2. The summed E-state index contributed by atoms with van der Waals surface area (Å²) in [5.41, 5.74) is 3.06. The molecule has 3 rings (SSSR count). The van der Waals surface area contributed by atoms with Crippen LogP contribution in [0.15, 0.2) is 52.7 Å². The van der Waals surface area contributed by atoms with Crippen molar-refractivity contribution in [2.75, 3.05) is 12.9 Å². The lowest BCUT2D eigenvalue weighted by atomic mass is 10.0. The van der Waals surface area contributed by atoms with Gasteiger partial charge in [0.15, 0.2) is 5.17 Å². The number of amidine groups is 1. The van der Waals surface area contributed by atoms with Crippen LogP contribution in [0.2, 0.25) is 0 Å². The van der Waals surface area contributed by atoms with Crippen molar-refractivity contribution in [2.45, 2.75) is 26.4 Å². The third kappa shape index (κ3) is 5.36. The average molecular weight is 398 g/mol. The number of methoxy groups -OCH3 is 1. The van der Waals surface area contributed by atoms with Gasteiger partial charge in [-0.05, 0) is 47.4 Å². The molecule has 0 aromatic heterocycles. The molecule has 2 aromatic carbocycles. The smallest absolute Gasteiger partial charge is 0.236 e. The molecule has 0 unspecified atom stereocenters. The zero-order chi connectivity index (χ0) is 19.9. The van der Waals surface area contributed by atoms with Gasteiger partial charge in [-0.15, -0.1) is 5.10 Å². The maximum atomic E-state index is 11.2. The van der Waals surface area contributed by atoms with Crippen molar-refractivity contribution in [1.82, 2.24) is 5.32 Å². The van der Waals surface area contributed by atoms with E-state index in [0.717, 1.165) is 22.6 Å². The fourth-order valence-corrected chi connectivity index (χ4v) is 3.26. The van der Waals surface area contributed by atoms with Gasteiger partial charge in [-0.1, -0.05) is 37.7 Å². The van der Waals surface area contributed by atoms with Gasteiger partial charge in [0, 0.05) is 5.56 Å². The van der Waals surface area contributed by atoms with Crippen molar-refractivity contribution in [1.29, 1.82) is 0 Å². The van der Waals surface area contributed by atoms with Crippen molar-refractivity contribution in [3.8, 4) is 11.5 Å². The topological polar surface area (TPSA) is 72.3 Å². The maximum absolute atomic E-state index is 11.2. The number of amides is 1. The molecule has 1 amide bonds. The molecule has 0 atom stereocenters. The van der Waals surface area contributed by atoms with Crippen LogP contribution in [0.5, 0.6) is 11.5 Å². The minimum absolute atomic E-state index is 0.0516. The van der Waals surface area contributed by atoms with E-state index >= 15 is 0 Å². The number of thioether (sulfide) groups is 1. The second kappa shape index (κ2) is 9.41. The molecule has 0 saturated carbocycles. The van der Waals surface area contributed by atoms with Crippen molar-refractivity contribution in [2.24, 2.45) is 10.2 Å².